The number of carbonyl (C=O) groups excluding carboxylic acids is 1. The first-order valence-corrected chi connectivity index (χ1v) is 4.08. The van der Waals surface area contributed by atoms with Gasteiger partial charge in [-0.1, -0.05) is 5.16 Å². The molecule has 3 N–H and O–H groups in total. The van der Waals surface area contributed by atoms with Crippen LogP contribution in [0.25, 0.3) is 11.0 Å². The zero-order chi connectivity index (χ0) is 10.7. The van der Waals surface area contributed by atoms with Crippen LogP contribution in [0.4, 0.5) is 5.69 Å². The number of H-pyrrole nitrogens is 1. The Kier molecular flexibility index (Phi) is 2.28. The summed E-state index contributed by atoms with van der Waals surface area (Å²) in [6.07, 6.45) is 0.771. The Bertz CT molecular complexity index is 518. The lowest BCUT2D eigenvalue weighted by molar-refractivity contribution is -0.110. The molecule has 1 aromatic carbocycles. The molecule has 0 atom stereocenters. The predicted molar refractivity (Wildman–Crippen MR) is 52.8 cm³/mol. The molecule has 2 aromatic rings. The Morgan fingerprint density at radius 3 is 3.07 bits per heavy atom. The van der Waals surface area contributed by atoms with E-state index in [1.54, 1.807) is 18.2 Å². The minimum Gasteiger partial charge on any atom is -0.411 e. The minimum absolute atomic E-state index is 0.514. The topological polar surface area (TPSA) is 103 Å². The molecule has 0 saturated heterocycles. The molecule has 0 fully saturated rings. The number of oxime groups is 1. The smallest absolute Gasteiger partial charge is 0.270 e. The molecule has 0 bridgehead atoms. The number of benzene rings is 1. The van der Waals surface area contributed by atoms with Gasteiger partial charge >= 0.3 is 0 Å². The summed E-state index contributed by atoms with van der Waals surface area (Å²) in [6, 6.07) is 5.04. The van der Waals surface area contributed by atoms with Gasteiger partial charge in [0.15, 0.2) is 0 Å². The maximum atomic E-state index is 11.0. The van der Waals surface area contributed by atoms with Crippen molar-refractivity contribution in [2.45, 2.75) is 0 Å². The second kappa shape index (κ2) is 3.74. The molecule has 2 rings (SSSR count). The van der Waals surface area contributed by atoms with Crippen molar-refractivity contribution in [2.24, 2.45) is 5.16 Å². The standard InChI is InChI=1S/C8H7N5O2/c14-8(4-9-15)10-5-1-2-6-7(3-5)12-13-11-6/h1-4,15H,(H,10,14)(H,11,12,13)/b9-4+. The second-order valence-corrected chi connectivity index (χ2v) is 2.76. The molecular weight excluding hydrogens is 198 g/mol. The Hall–Kier alpha value is -2.44. The van der Waals surface area contributed by atoms with Crippen molar-refractivity contribution in [1.82, 2.24) is 15.4 Å². The number of nitrogens with one attached hydrogen (secondary N) is 2. The van der Waals surface area contributed by atoms with Gasteiger partial charge in [0.05, 0.1) is 0 Å². The average molecular weight is 205 g/mol. The lowest BCUT2D eigenvalue weighted by Crippen LogP contribution is -2.12. The highest BCUT2D eigenvalue weighted by atomic mass is 16.4. The summed E-state index contributed by atoms with van der Waals surface area (Å²) in [5.74, 6) is -0.514. The van der Waals surface area contributed by atoms with E-state index in [0.29, 0.717) is 16.7 Å². The number of hydrogen-bond acceptors (Lipinski definition) is 5. The van der Waals surface area contributed by atoms with Crippen molar-refractivity contribution >= 4 is 28.8 Å². The predicted octanol–water partition coefficient (Wildman–Crippen LogP) is 0.356. The van der Waals surface area contributed by atoms with Gasteiger partial charge in [0.25, 0.3) is 5.91 Å². The van der Waals surface area contributed by atoms with Gasteiger partial charge in [-0.15, -0.1) is 0 Å². The monoisotopic (exact) mass is 205 g/mol. The van der Waals surface area contributed by atoms with Gasteiger partial charge < -0.3 is 10.5 Å². The van der Waals surface area contributed by atoms with Gasteiger partial charge in [-0.05, 0) is 18.2 Å². The van der Waals surface area contributed by atoms with Crippen LogP contribution in [-0.4, -0.2) is 32.7 Å². The summed E-state index contributed by atoms with van der Waals surface area (Å²) in [4.78, 5) is 11.0. The maximum Gasteiger partial charge on any atom is 0.270 e. The summed E-state index contributed by atoms with van der Waals surface area (Å²) in [7, 11) is 0. The molecule has 1 heterocycles. The van der Waals surface area contributed by atoms with Crippen LogP contribution >= 0.6 is 0 Å². The molecule has 7 heteroatoms. The van der Waals surface area contributed by atoms with Gasteiger partial charge in [0.1, 0.15) is 17.2 Å². The fourth-order valence-corrected chi connectivity index (χ4v) is 1.14. The fraction of sp³-hybridized carbons (Fsp3) is 0. The van der Waals surface area contributed by atoms with E-state index in [9.17, 15) is 4.79 Å². The third-order valence-corrected chi connectivity index (χ3v) is 1.76. The van der Waals surface area contributed by atoms with Crippen molar-refractivity contribution in [3.63, 3.8) is 0 Å². The van der Waals surface area contributed by atoms with Crippen molar-refractivity contribution in [2.75, 3.05) is 5.32 Å². The van der Waals surface area contributed by atoms with Crippen LogP contribution in [-0.2, 0) is 4.79 Å². The van der Waals surface area contributed by atoms with Crippen LogP contribution in [0.5, 0.6) is 0 Å². The maximum absolute atomic E-state index is 11.0. The number of fused-ring (bicyclic) bond motifs is 1. The lowest BCUT2D eigenvalue weighted by atomic mass is 10.3. The number of hydrogen-bond donors (Lipinski definition) is 3. The minimum atomic E-state index is -0.514. The summed E-state index contributed by atoms with van der Waals surface area (Å²) in [5, 5.41) is 23.4. The molecule has 7 nitrogen and oxygen atoms in total. The van der Waals surface area contributed by atoms with E-state index in [-0.39, 0.29) is 0 Å². The number of amides is 1. The number of aromatic amines is 1. The third-order valence-electron chi connectivity index (χ3n) is 1.76. The van der Waals surface area contributed by atoms with Crippen molar-refractivity contribution < 1.29 is 10.0 Å². The van der Waals surface area contributed by atoms with Gasteiger partial charge in [-0.2, -0.15) is 15.4 Å². The SMILES string of the molecule is O=C(/C=N/O)Nc1ccc2n[nH]nc2c1. The highest BCUT2D eigenvalue weighted by Crippen LogP contribution is 2.14. The van der Waals surface area contributed by atoms with E-state index in [0.717, 1.165) is 6.21 Å². The van der Waals surface area contributed by atoms with E-state index in [1.165, 1.54) is 0 Å². The van der Waals surface area contributed by atoms with E-state index >= 15 is 0 Å². The molecule has 0 aliphatic heterocycles. The van der Waals surface area contributed by atoms with Gasteiger partial charge in [-0.25, -0.2) is 0 Å². The zero-order valence-corrected chi connectivity index (χ0v) is 7.51. The normalized spacial score (nSPS) is 10.9. The molecular formula is C8H7N5O2. The molecule has 1 amide bonds. The summed E-state index contributed by atoms with van der Waals surface area (Å²) in [5.41, 5.74) is 1.92. The van der Waals surface area contributed by atoms with E-state index in [4.69, 9.17) is 5.21 Å². The molecule has 1 aromatic heterocycles. The summed E-state index contributed by atoms with van der Waals surface area (Å²) in [6.45, 7) is 0. The van der Waals surface area contributed by atoms with Crippen molar-refractivity contribution in [1.29, 1.82) is 0 Å². The first-order chi connectivity index (χ1) is 7.29. The quantitative estimate of drug-likeness (QED) is 0.374. The molecule has 0 radical (unpaired) electrons. The highest BCUT2D eigenvalue weighted by molar-refractivity contribution is 6.31. The Morgan fingerprint density at radius 1 is 1.47 bits per heavy atom. The first kappa shape index (κ1) is 9.13. The van der Waals surface area contributed by atoms with E-state index in [1.807, 2.05) is 0 Å². The molecule has 0 unspecified atom stereocenters. The van der Waals surface area contributed by atoms with Crippen LogP contribution in [0.1, 0.15) is 0 Å². The Morgan fingerprint density at radius 2 is 2.27 bits per heavy atom. The fourth-order valence-electron chi connectivity index (χ4n) is 1.14. The van der Waals surface area contributed by atoms with Crippen LogP contribution in [0.15, 0.2) is 23.4 Å². The zero-order valence-electron chi connectivity index (χ0n) is 7.51. The summed E-state index contributed by atoms with van der Waals surface area (Å²) < 4.78 is 0. The van der Waals surface area contributed by atoms with Crippen LogP contribution in [0, 0.1) is 0 Å². The largest absolute Gasteiger partial charge is 0.411 e. The van der Waals surface area contributed by atoms with Crippen LogP contribution in [0.3, 0.4) is 0 Å². The van der Waals surface area contributed by atoms with Crippen molar-refractivity contribution in [3.8, 4) is 0 Å². The van der Waals surface area contributed by atoms with E-state index in [2.05, 4.69) is 25.9 Å². The number of nitrogens with zero attached hydrogens (tertiary/aromatic N) is 3. The summed E-state index contributed by atoms with van der Waals surface area (Å²) >= 11 is 0. The van der Waals surface area contributed by atoms with Crippen LogP contribution < -0.4 is 5.32 Å². The Balaban J connectivity index is 2.24. The molecule has 76 valence electrons. The number of anilines is 1. The average Bonchev–Trinajstić information content (AvgIpc) is 2.65. The van der Waals surface area contributed by atoms with Gasteiger partial charge in [0.2, 0.25) is 0 Å². The number of carbonyl (C=O) groups is 1. The number of aromatic nitrogens is 3. The third kappa shape index (κ3) is 1.90. The molecule has 0 aliphatic carbocycles. The number of rotatable bonds is 2. The molecule has 15 heavy (non-hydrogen) atoms. The van der Waals surface area contributed by atoms with Gasteiger partial charge in [0, 0.05) is 5.69 Å². The van der Waals surface area contributed by atoms with Crippen LogP contribution in [0.2, 0.25) is 0 Å². The highest BCUT2D eigenvalue weighted by Gasteiger charge is 2.02. The first-order valence-electron chi connectivity index (χ1n) is 4.08. The molecule has 0 spiro atoms. The Labute approximate surface area is 83.8 Å². The van der Waals surface area contributed by atoms with Gasteiger partial charge in [-0.3, -0.25) is 4.79 Å². The lowest BCUT2D eigenvalue weighted by Gasteiger charge is -1.99. The molecule has 0 aliphatic rings. The van der Waals surface area contributed by atoms with Crippen molar-refractivity contribution in [3.05, 3.63) is 18.2 Å². The molecule has 0 saturated carbocycles. The second-order valence-electron chi connectivity index (χ2n) is 2.76. The van der Waals surface area contributed by atoms with E-state index < -0.39 is 5.91 Å².